The largest absolute Gasteiger partial charge is 0.495 e. The molecule has 0 aliphatic rings. The molecule has 0 aromatic heterocycles. The zero-order valence-electron chi connectivity index (χ0n) is 14.6. The van der Waals surface area contributed by atoms with Gasteiger partial charge in [0.25, 0.3) is 0 Å². The van der Waals surface area contributed by atoms with Crippen LogP contribution >= 0.6 is 0 Å². The van der Waals surface area contributed by atoms with Crippen molar-refractivity contribution < 1.29 is 18.9 Å². The lowest BCUT2D eigenvalue weighted by Gasteiger charge is -2.14. The Bertz CT molecular complexity index is 813. The van der Waals surface area contributed by atoms with Gasteiger partial charge in [-0.05, 0) is 41.5 Å². The molecule has 0 unspecified atom stereocenters. The predicted octanol–water partition coefficient (Wildman–Crippen LogP) is 3.72. The number of nitrogens with two attached hydrogens (primary N) is 1. The lowest BCUT2D eigenvalue weighted by Crippen LogP contribution is -1.96. The average Bonchev–Trinajstić information content (AvgIpc) is 2.64. The van der Waals surface area contributed by atoms with Gasteiger partial charge >= 0.3 is 0 Å². The minimum Gasteiger partial charge on any atom is -0.495 e. The Morgan fingerprint density at radius 1 is 0.920 bits per heavy atom. The van der Waals surface area contributed by atoms with Gasteiger partial charge in [0.15, 0.2) is 17.2 Å². The fraction of sp³-hybridized carbons (Fsp3) is 0.211. The van der Waals surface area contributed by atoms with Gasteiger partial charge in [0.05, 0.1) is 40.7 Å². The maximum absolute atomic E-state index is 7.52. The fourth-order valence-electron chi connectivity index (χ4n) is 2.41. The van der Waals surface area contributed by atoms with Crippen LogP contribution < -0.4 is 24.7 Å². The highest BCUT2D eigenvalue weighted by molar-refractivity contribution is 5.87. The van der Waals surface area contributed by atoms with E-state index in [1.165, 1.54) is 21.3 Å². The molecule has 6 heteroatoms. The van der Waals surface area contributed by atoms with Crippen molar-refractivity contribution in [2.24, 2.45) is 0 Å². The lowest BCUT2D eigenvalue weighted by molar-refractivity contribution is 0.324. The van der Waals surface area contributed by atoms with Crippen LogP contribution in [0.1, 0.15) is 11.1 Å². The highest BCUT2D eigenvalue weighted by atomic mass is 16.5. The normalized spacial score (nSPS) is 10.8. The molecule has 0 amide bonds. The molecule has 2 aromatic carbocycles. The van der Waals surface area contributed by atoms with Crippen molar-refractivity contribution in [3.8, 4) is 23.0 Å². The maximum Gasteiger partial charge on any atom is 0.203 e. The van der Waals surface area contributed by atoms with E-state index in [1.807, 2.05) is 6.07 Å². The molecule has 0 saturated heterocycles. The molecule has 130 valence electrons. The first-order valence-electron chi connectivity index (χ1n) is 7.41. The molecule has 0 aliphatic carbocycles. The molecule has 0 radical (unpaired) electrons. The van der Waals surface area contributed by atoms with E-state index in [-0.39, 0.29) is 0 Å². The first kappa shape index (κ1) is 18.0. The maximum atomic E-state index is 7.52. The second kappa shape index (κ2) is 7.97. The van der Waals surface area contributed by atoms with E-state index in [2.05, 4.69) is 4.85 Å². The van der Waals surface area contributed by atoms with Crippen molar-refractivity contribution in [2.75, 3.05) is 34.2 Å². The Kier molecular flexibility index (Phi) is 5.75. The summed E-state index contributed by atoms with van der Waals surface area (Å²) < 4.78 is 21.1. The van der Waals surface area contributed by atoms with Crippen molar-refractivity contribution in [2.45, 2.75) is 0 Å². The first-order valence-corrected chi connectivity index (χ1v) is 7.41. The SMILES string of the molecule is [C-]#[N+]C(=Cc1ccc(OC)c(N)c1)c1cc(OC)c(OC)c(OC)c1. The lowest BCUT2D eigenvalue weighted by atomic mass is 10.1. The second-order valence-electron chi connectivity index (χ2n) is 5.06. The van der Waals surface area contributed by atoms with E-state index in [9.17, 15) is 0 Å². The van der Waals surface area contributed by atoms with Gasteiger partial charge in [-0.25, -0.2) is 4.85 Å². The number of methoxy groups -OCH3 is 4. The zero-order valence-corrected chi connectivity index (χ0v) is 14.6. The summed E-state index contributed by atoms with van der Waals surface area (Å²) in [6.07, 6.45) is 1.74. The molecular formula is C19H20N2O4. The Balaban J connectivity index is 2.54. The standard InChI is InChI=1S/C19H20N2O4/c1-21-15(9-12-6-7-16(22-2)14(20)8-12)13-10-17(23-3)19(25-5)18(11-13)24-4/h6-11H,20H2,2-5H3. The quantitative estimate of drug-likeness (QED) is 0.493. The summed E-state index contributed by atoms with van der Waals surface area (Å²) in [7, 11) is 6.16. The van der Waals surface area contributed by atoms with E-state index >= 15 is 0 Å². The van der Waals surface area contributed by atoms with E-state index < -0.39 is 0 Å². The second-order valence-corrected chi connectivity index (χ2v) is 5.06. The zero-order chi connectivity index (χ0) is 18.4. The van der Waals surface area contributed by atoms with Crippen LogP contribution in [0.3, 0.4) is 0 Å². The number of benzene rings is 2. The van der Waals surface area contributed by atoms with Crippen molar-refractivity contribution in [3.05, 3.63) is 52.9 Å². The Labute approximate surface area is 147 Å². The van der Waals surface area contributed by atoms with E-state index in [4.69, 9.17) is 31.3 Å². The van der Waals surface area contributed by atoms with E-state index in [1.54, 1.807) is 37.5 Å². The Morgan fingerprint density at radius 3 is 1.96 bits per heavy atom. The smallest absolute Gasteiger partial charge is 0.203 e. The number of hydrogen-bond acceptors (Lipinski definition) is 5. The molecule has 0 atom stereocenters. The predicted molar refractivity (Wildman–Crippen MR) is 98.0 cm³/mol. The first-order chi connectivity index (χ1) is 12.1. The number of anilines is 1. The number of ether oxygens (including phenoxy) is 4. The van der Waals surface area contributed by atoms with Crippen LogP contribution in [0.5, 0.6) is 23.0 Å². The van der Waals surface area contributed by atoms with Crippen LogP contribution in [-0.4, -0.2) is 28.4 Å². The van der Waals surface area contributed by atoms with Crippen LogP contribution in [0.4, 0.5) is 5.69 Å². The summed E-state index contributed by atoms with van der Waals surface area (Å²) in [5.41, 5.74) is 8.30. The van der Waals surface area contributed by atoms with E-state index in [0.717, 1.165) is 5.56 Å². The van der Waals surface area contributed by atoms with Crippen molar-refractivity contribution in [1.82, 2.24) is 0 Å². The van der Waals surface area contributed by atoms with Gasteiger partial charge in [-0.2, -0.15) is 0 Å². The van der Waals surface area contributed by atoms with Crippen LogP contribution in [-0.2, 0) is 0 Å². The van der Waals surface area contributed by atoms with Gasteiger partial charge < -0.3 is 24.7 Å². The third-order valence-electron chi connectivity index (χ3n) is 3.64. The summed E-state index contributed by atoms with van der Waals surface area (Å²) in [5, 5.41) is 0. The van der Waals surface area contributed by atoms with Gasteiger partial charge in [0.2, 0.25) is 5.75 Å². The topological polar surface area (TPSA) is 67.3 Å². The summed E-state index contributed by atoms with van der Waals surface area (Å²) in [5.74, 6) is 2.04. The van der Waals surface area contributed by atoms with Gasteiger partial charge in [-0.3, -0.25) is 0 Å². The number of rotatable bonds is 6. The summed E-state index contributed by atoms with van der Waals surface area (Å²) >= 11 is 0. The van der Waals surface area contributed by atoms with Gasteiger partial charge in [0.1, 0.15) is 5.75 Å². The Morgan fingerprint density at radius 2 is 1.52 bits per heavy atom. The van der Waals surface area contributed by atoms with Crippen LogP contribution in [0.2, 0.25) is 0 Å². The van der Waals surface area contributed by atoms with Crippen molar-refractivity contribution in [3.63, 3.8) is 0 Å². The van der Waals surface area contributed by atoms with Gasteiger partial charge in [-0.1, -0.05) is 6.07 Å². The molecule has 25 heavy (non-hydrogen) atoms. The summed E-state index contributed by atoms with van der Waals surface area (Å²) in [6.45, 7) is 7.52. The molecule has 2 rings (SSSR count). The minimum atomic E-state index is 0.420. The molecule has 2 N–H and O–H groups in total. The molecular weight excluding hydrogens is 320 g/mol. The molecule has 0 heterocycles. The molecule has 0 spiro atoms. The van der Waals surface area contributed by atoms with Crippen molar-refractivity contribution in [1.29, 1.82) is 0 Å². The van der Waals surface area contributed by atoms with Crippen LogP contribution in [0.15, 0.2) is 30.3 Å². The van der Waals surface area contributed by atoms with Gasteiger partial charge in [0, 0.05) is 0 Å². The molecule has 2 aromatic rings. The highest BCUT2D eigenvalue weighted by Crippen LogP contribution is 2.40. The molecule has 6 nitrogen and oxygen atoms in total. The third kappa shape index (κ3) is 3.78. The Hall–Kier alpha value is -3.33. The van der Waals surface area contributed by atoms with E-state index in [0.29, 0.717) is 39.9 Å². The molecule has 0 fully saturated rings. The van der Waals surface area contributed by atoms with Gasteiger partial charge in [-0.15, -0.1) is 0 Å². The number of nitrogen functional groups attached to an aromatic ring is 1. The summed E-state index contributed by atoms with van der Waals surface area (Å²) in [4.78, 5) is 3.62. The molecule has 0 saturated carbocycles. The van der Waals surface area contributed by atoms with Crippen LogP contribution in [0, 0.1) is 6.57 Å². The highest BCUT2D eigenvalue weighted by Gasteiger charge is 2.15. The third-order valence-corrected chi connectivity index (χ3v) is 3.64. The molecule has 0 aliphatic heterocycles. The fourth-order valence-corrected chi connectivity index (χ4v) is 2.41. The van der Waals surface area contributed by atoms with Crippen LogP contribution in [0.25, 0.3) is 16.6 Å². The summed E-state index contributed by atoms with van der Waals surface area (Å²) in [6, 6.07) is 8.81. The van der Waals surface area contributed by atoms with Crippen molar-refractivity contribution >= 4 is 17.5 Å². The minimum absolute atomic E-state index is 0.420. The monoisotopic (exact) mass is 340 g/mol. The number of hydrogen-bond donors (Lipinski definition) is 1. The average molecular weight is 340 g/mol. The molecule has 0 bridgehead atoms. The number of nitrogens with zero attached hydrogens (tertiary/aromatic N) is 1.